The average Bonchev–Trinajstić information content (AvgIpc) is 2.71. The van der Waals surface area contributed by atoms with E-state index in [0.717, 1.165) is 27.3 Å². The molecule has 0 spiro atoms. The van der Waals surface area contributed by atoms with Gasteiger partial charge >= 0.3 is 0 Å². The van der Waals surface area contributed by atoms with Crippen LogP contribution >= 0.6 is 0 Å². The van der Waals surface area contributed by atoms with Gasteiger partial charge in [-0.05, 0) is 57.7 Å². The summed E-state index contributed by atoms with van der Waals surface area (Å²) in [6.07, 6.45) is 1.49. The van der Waals surface area contributed by atoms with Crippen LogP contribution in [0.1, 0.15) is 50.8 Å². The molecule has 2 aromatic carbocycles. The van der Waals surface area contributed by atoms with Gasteiger partial charge in [-0.1, -0.05) is 55.5 Å². The summed E-state index contributed by atoms with van der Waals surface area (Å²) < 4.78 is 26.7. The van der Waals surface area contributed by atoms with E-state index in [-0.39, 0.29) is 12.5 Å². The lowest BCUT2D eigenvalue weighted by Crippen LogP contribution is -2.55. The number of sulfonamides is 1. The van der Waals surface area contributed by atoms with Crippen LogP contribution in [-0.4, -0.2) is 49.5 Å². The van der Waals surface area contributed by atoms with Crippen LogP contribution in [0.2, 0.25) is 0 Å². The predicted octanol–water partition coefficient (Wildman–Crippen LogP) is 3.79. The molecule has 0 aromatic heterocycles. The number of carbonyl (C=O) groups is 2. The Morgan fingerprint density at radius 1 is 0.971 bits per heavy atom. The van der Waals surface area contributed by atoms with E-state index in [1.54, 1.807) is 0 Å². The summed E-state index contributed by atoms with van der Waals surface area (Å²) in [5.74, 6) is -0.704. The molecule has 0 aliphatic carbocycles. The van der Waals surface area contributed by atoms with E-state index in [9.17, 15) is 18.0 Å². The van der Waals surface area contributed by atoms with E-state index in [4.69, 9.17) is 0 Å². The molecule has 0 fully saturated rings. The minimum atomic E-state index is -3.76. The Kier molecular flexibility index (Phi) is 8.89. The molecular formula is C26H37N3O4S. The maximum absolute atomic E-state index is 13.7. The van der Waals surface area contributed by atoms with E-state index in [1.807, 2.05) is 90.1 Å². The van der Waals surface area contributed by atoms with Gasteiger partial charge in [-0.25, -0.2) is 8.42 Å². The molecule has 1 atom stereocenters. The molecule has 0 bridgehead atoms. The zero-order chi connectivity index (χ0) is 25.7. The van der Waals surface area contributed by atoms with Crippen molar-refractivity contribution >= 4 is 27.5 Å². The van der Waals surface area contributed by atoms with Gasteiger partial charge in [0.2, 0.25) is 21.8 Å². The Balaban J connectivity index is 2.49. The lowest BCUT2D eigenvalue weighted by atomic mass is 10.1. The van der Waals surface area contributed by atoms with Crippen LogP contribution in [0.3, 0.4) is 0 Å². The number of hydrogen-bond acceptors (Lipinski definition) is 4. The van der Waals surface area contributed by atoms with Gasteiger partial charge in [0.25, 0.3) is 0 Å². The third-order valence-electron chi connectivity index (χ3n) is 5.45. The second kappa shape index (κ2) is 11.0. The first-order valence-electron chi connectivity index (χ1n) is 11.4. The third-order valence-corrected chi connectivity index (χ3v) is 6.56. The number of amides is 2. The molecule has 2 amide bonds. The fourth-order valence-corrected chi connectivity index (χ4v) is 4.89. The molecule has 0 aliphatic heterocycles. The van der Waals surface area contributed by atoms with E-state index < -0.39 is 34.1 Å². The van der Waals surface area contributed by atoms with Gasteiger partial charge in [-0.15, -0.1) is 0 Å². The molecule has 0 saturated heterocycles. The van der Waals surface area contributed by atoms with Crippen molar-refractivity contribution in [3.63, 3.8) is 0 Å². The van der Waals surface area contributed by atoms with Gasteiger partial charge in [0, 0.05) is 12.1 Å². The van der Waals surface area contributed by atoms with Gasteiger partial charge in [0.05, 0.1) is 11.9 Å². The number of para-hydroxylation sites is 1. The normalized spacial score (nSPS) is 12.7. The Labute approximate surface area is 204 Å². The number of carbonyl (C=O) groups excluding carboxylic acids is 2. The average molecular weight is 488 g/mol. The lowest BCUT2D eigenvalue weighted by Gasteiger charge is -2.35. The Hall–Kier alpha value is -2.87. The molecule has 1 N–H and O–H groups in total. The topological polar surface area (TPSA) is 86.8 Å². The third kappa shape index (κ3) is 7.32. The molecule has 2 aromatic rings. The van der Waals surface area contributed by atoms with E-state index in [1.165, 1.54) is 4.90 Å². The molecule has 0 heterocycles. The molecule has 0 radical (unpaired) electrons. The maximum Gasteiger partial charge on any atom is 0.244 e. The lowest BCUT2D eigenvalue weighted by molar-refractivity contribution is -0.141. The molecule has 2 rings (SSSR count). The largest absolute Gasteiger partial charge is 0.350 e. The summed E-state index contributed by atoms with van der Waals surface area (Å²) in [5.41, 5.74) is 2.39. The van der Waals surface area contributed by atoms with Crippen molar-refractivity contribution in [3.8, 4) is 0 Å². The van der Waals surface area contributed by atoms with E-state index in [0.29, 0.717) is 12.1 Å². The predicted molar refractivity (Wildman–Crippen MR) is 137 cm³/mol. The van der Waals surface area contributed by atoms with Crippen molar-refractivity contribution in [2.75, 3.05) is 17.1 Å². The van der Waals surface area contributed by atoms with Crippen LogP contribution in [0.25, 0.3) is 0 Å². The summed E-state index contributed by atoms with van der Waals surface area (Å²) in [5, 5.41) is 2.96. The van der Waals surface area contributed by atoms with Gasteiger partial charge < -0.3 is 10.2 Å². The van der Waals surface area contributed by atoms with Crippen LogP contribution in [0.15, 0.2) is 48.5 Å². The number of nitrogens with zero attached hydrogens (tertiary/aromatic N) is 2. The number of hydrogen-bond donors (Lipinski definition) is 1. The zero-order valence-electron chi connectivity index (χ0n) is 21.3. The summed E-state index contributed by atoms with van der Waals surface area (Å²) >= 11 is 0. The smallest absolute Gasteiger partial charge is 0.244 e. The highest BCUT2D eigenvalue weighted by atomic mass is 32.2. The number of benzene rings is 2. The first kappa shape index (κ1) is 27.4. The van der Waals surface area contributed by atoms with Gasteiger partial charge in [0.1, 0.15) is 12.6 Å². The van der Waals surface area contributed by atoms with Crippen molar-refractivity contribution in [1.29, 1.82) is 0 Å². The van der Waals surface area contributed by atoms with Gasteiger partial charge in [-0.2, -0.15) is 0 Å². The molecule has 0 saturated carbocycles. The number of anilines is 1. The van der Waals surface area contributed by atoms with Crippen molar-refractivity contribution in [2.45, 2.75) is 66.1 Å². The summed E-state index contributed by atoms with van der Waals surface area (Å²) in [6, 6.07) is 14.1. The van der Waals surface area contributed by atoms with Crippen molar-refractivity contribution in [3.05, 3.63) is 65.2 Å². The number of aryl methyl sites for hydroxylation is 2. The highest BCUT2D eigenvalue weighted by molar-refractivity contribution is 7.92. The molecule has 7 nitrogen and oxygen atoms in total. The number of nitrogens with one attached hydrogen (secondary N) is 1. The molecule has 8 heteroatoms. The van der Waals surface area contributed by atoms with Crippen LogP contribution in [0.5, 0.6) is 0 Å². The fourth-order valence-electron chi connectivity index (χ4n) is 3.93. The van der Waals surface area contributed by atoms with Crippen LogP contribution in [0, 0.1) is 13.8 Å². The van der Waals surface area contributed by atoms with Crippen LogP contribution in [-0.2, 0) is 26.2 Å². The van der Waals surface area contributed by atoms with Crippen molar-refractivity contribution < 1.29 is 18.0 Å². The SMILES string of the molecule is CCC(C(=O)NC(C)(C)C)N(Cc1ccccc1)C(=O)CN(c1c(C)cccc1C)S(C)(=O)=O. The Morgan fingerprint density at radius 2 is 1.53 bits per heavy atom. The fraction of sp³-hybridized carbons (Fsp3) is 0.462. The van der Waals surface area contributed by atoms with E-state index in [2.05, 4.69) is 5.32 Å². The summed E-state index contributed by atoms with van der Waals surface area (Å²) in [4.78, 5) is 28.3. The quantitative estimate of drug-likeness (QED) is 0.583. The van der Waals surface area contributed by atoms with Gasteiger partial charge in [-0.3, -0.25) is 13.9 Å². The first-order valence-corrected chi connectivity index (χ1v) is 13.3. The van der Waals surface area contributed by atoms with Crippen molar-refractivity contribution in [1.82, 2.24) is 10.2 Å². The monoisotopic (exact) mass is 487 g/mol. The molecule has 186 valence electrons. The number of rotatable bonds is 9. The zero-order valence-corrected chi connectivity index (χ0v) is 22.1. The van der Waals surface area contributed by atoms with Crippen LogP contribution < -0.4 is 9.62 Å². The highest BCUT2D eigenvalue weighted by Gasteiger charge is 2.33. The second-order valence-corrected chi connectivity index (χ2v) is 11.6. The molecule has 0 aliphatic rings. The van der Waals surface area contributed by atoms with Gasteiger partial charge in [0.15, 0.2) is 0 Å². The highest BCUT2D eigenvalue weighted by Crippen LogP contribution is 2.27. The van der Waals surface area contributed by atoms with Crippen molar-refractivity contribution in [2.24, 2.45) is 0 Å². The Morgan fingerprint density at radius 3 is 2.00 bits per heavy atom. The molecule has 1 unspecified atom stereocenters. The summed E-state index contributed by atoms with van der Waals surface area (Å²) in [6.45, 7) is 10.9. The van der Waals surface area contributed by atoms with Crippen LogP contribution in [0.4, 0.5) is 5.69 Å². The molecule has 34 heavy (non-hydrogen) atoms. The molecular weight excluding hydrogens is 450 g/mol. The Bertz CT molecular complexity index is 1090. The minimum Gasteiger partial charge on any atom is -0.350 e. The summed E-state index contributed by atoms with van der Waals surface area (Å²) in [7, 11) is -3.76. The minimum absolute atomic E-state index is 0.195. The maximum atomic E-state index is 13.7. The standard InChI is InChI=1S/C26H37N3O4S/c1-8-22(25(31)27-26(4,5)6)28(17-21-15-10-9-11-16-21)23(30)18-29(34(7,32)33)24-19(2)13-12-14-20(24)3/h9-16,22H,8,17-18H2,1-7H3,(H,27,31). The second-order valence-electron chi connectivity index (χ2n) is 9.68. The van der Waals surface area contributed by atoms with E-state index >= 15 is 0 Å². The first-order chi connectivity index (χ1) is 15.7.